The molecule has 6 nitrogen and oxygen atoms in total. The number of ketones is 1. The van der Waals surface area contributed by atoms with Crippen LogP contribution in [-0.4, -0.2) is 42.0 Å². The molecule has 0 aliphatic carbocycles. The number of carbonyl (C=O) groups excluding carboxylic acids is 1. The van der Waals surface area contributed by atoms with E-state index in [9.17, 15) is 9.59 Å². The van der Waals surface area contributed by atoms with E-state index < -0.39 is 0 Å². The number of carbonyl (C=O) groups is 1. The van der Waals surface area contributed by atoms with E-state index in [1.807, 2.05) is 38.1 Å². The standard InChI is InChI=1S/C22H28N2O4/c1-15(2)28-19-8-4-6-16(10-19)22(26)17-7-5-9-24(13-17)14-18-11-20(25)21(27-3)12-23-18/h4,6,8,10-12,15,17H,5,7,9,13-14H2,1-3H3,(H,23,25)/t17-/m1/s1. The fraction of sp³-hybridized carbons (Fsp3) is 0.455. The van der Waals surface area contributed by atoms with Crippen molar-refractivity contribution in [1.82, 2.24) is 9.88 Å². The highest BCUT2D eigenvalue weighted by Gasteiger charge is 2.27. The molecule has 0 amide bonds. The third-order valence-electron chi connectivity index (χ3n) is 4.92. The highest BCUT2D eigenvalue weighted by molar-refractivity contribution is 5.98. The molecule has 3 rings (SSSR count). The maximum atomic E-state index is 13.0. The summed E-state index contributed by atoms with van der Waals surface area (Å²) in [7, 11) is 1.48. The predicted octanol–water partition coefficient (Wildman–Crippen LogP) is 3.27. The van der Waals surface area contributed by atoms with Crippen LogP contribution in [0.15, 0.2) is 41.3 Å². The van der Waals surface area contributed by atoms with Gasteiger partial charge in [-0.1, -0.05) is 12.1 Å². The molecule has 1 aliphatic rings. The molecule has 0 unspecified atom stereocenters. The lowest BCUT2D eigenvalue weighted by atomic mass is 9.90. The van der Waals surface area contributed by atoms with E-state index in [2.05, 4.69) is 9.88 Å². The number of likely N-dealkylation sites (tertiary alicyclic amines) is 1. The molecule has 1 saturated heterocycles. The molecule has 2 heterocycles. The molecule has 6 heteroatoms. The fourth-order valence-corrected chi connectivity index (χ4v) is 3.64. The van der Waals surface area contributed by atoms with Gasteiger partial charge < -0.3 is 14.5 Å². The molecule has 150 valence electrons. The average molecular weight is 384 g/mol. The molecule has 0 spiro atoms. The number of piperidine rings is 1. The van der Waals surface area contributed by atoms with E-state index in [-0.39, 0.29) is 23.2 Å². The first-order chi connectivity index (χ1) is 13.5. The van der Waals surface area contributed by atoms with Crippen molar-refractivity contribution in [3.05, 3.63) is 58.0 Å². The minimum Gasteiger partial charge on any atom is -0.491 e. The van der Waals surface area contributed by atoms with Gasteiger partial charge >= 0.3 is 0 Å². The molecule has 1 N–H and O–H groups in total. The van der Waals surface area contributed by atoms with Crippen molar-refractivity contribution in [2.75, 3.05) is 20.2 Å². The number of ether oxygens (including phenoxy) is 2. The summed E-state index contributed by atoms with van der Waals surface area (Å²) in [6.07, 6.45) is 3.50. The molecule has 2 aromatic rings. The monoisotopic (exact) mass is 384 g/mol. The summed E-state index contributed by atoms with van der Waals surface area (Å²) in [5.74, 6) is 1.14. The normalized spacial score (nSPS) is 17.5. The third-order valence-corrected chi connectivity index (χ3v) is 4.92. The van der Waals surface area contributed by atoms with Gasteiger partial charge in [0.25, 0.3) is 0 Å². The molecule has 0 saturated carbocycles. The van der Waals surface area contributed by atoms with Crippen LogP contribution in [0.3, 0.4) is 0 Å². The summed E-state index contributed by atoms with van der Waals surface area (Å²) in [5.41, 5.74) is 1.39. The van der Waals surface area contributed by atoms with Gasteiger partial charge in [-0.3, -0.25) is 14.5 Å². The lowest BCUT2D eigenvalue weighted by molar-refractivity contribution is 0.0809. The zero-order valence-corrected chi connectivity index (χ0v) is 16.7. The van der Waals surface area contributed by atoms with Crippen molar-refractivity contribution >= 4 is 5.78 Å². The van der Waals surface area contributed by atoms with Crippen molar-refractivity contribution in [1.29, 1.82) is 0 Å². The predicted molar refractivity (Wildman–Crippen MR) is 108 cm³/mol. The number of nitrogens with one attached hydrogen (secondary N) is 1. The molecule has 1 aromatic carbocycles. The number of aromatic amines is 1. The van der Waals surface area contributed by atoms with Gasteiger partial charge in [0.1, 0.15) is 5.75 Å². The number of hydrogen-bond donors (Lipinski definition) is 1. The first kappa shape index (κ1) is 20.1. The van der Waals surface area contributed by atoms with Crippen molar-refractivity contribution in [3.8, 4) is 11.5 Å². The number of pyridine rings is 1. The Balaban J connectivity index is 1.66. The molecular formula is C22H28N2O4. The second-order valence-corrected chi connectivity index (χ2v) is 7.52. The van der Waals surface area contributed by atoms with Crippen LogP contribution in [0.4, 0.5) is 0 Å². The second-order valence-electron chi connectivity index (χ2n) is 7.52. The maximum absolute atomic E-state index is 13.0. The van der Waals surface area contributed by atoms with Crippen molar-refractivity contribution in [2.45, 2.75) is 39.3 Å². The van der Waals surface area contributed by atoms with Crippen LogP contribution in [0, 0.1) is 5.92 Å². The minimum atomic E-state index is -0.136. The Morgan fingerprint density at radius 1 is 1.32 bits per heavy atom. The maximum Gasteiger partial charge on any atom is 0.223 e. The van der Waals surface area contributed by atoms with E-state index in [1.54, 1.807) is 12.3 Å². The highest BCUT2D eigenvalue weighted by atomic mass is 16.5. The van der Waals surface area contributed by atoms with Gasteiger partial charge in [-0.2, -0.15) is 0 Å². The molecule has 1 aromatic heterocycles. The number of aromatic nitrogens is 1. The van der Waals surface area contributed by atoms with Crippen LogP contribution < -0.4 is 14.9 Å². The zero-order valence-electron chi connectivity index (χ0n) is 16.7. The molecule has 1 atom stereocenters. The molecule has 1 aliphatic heterocycles. The highest BCUT2D eigenvalue weighted by Crippen LogP contribution is 2.24. The van der Waals surface area contributed by atoms with Crippen LogP contribution in [0.1, 0.15) is 42.7 Å². The Morgan fingerprint density at radius 2 is 2.14 bits per heavy atom. The van der Waals surface area contributed by atoms with Gasteiger partial charge in [-0.15, -0.1) is 0 Å². The third kappa shape index (κ3) is 5.01. The lowest BCUT2D eigenvalue weighted by Crippen LogP contribution is -2.38. The smallest absolute Gasteiger partial charge is 0.223 e. The number of nitrogens with zero attached hydrogens (tertiary/aromatic N) is 1. The summed E-state index contributed by atoms with van der Waals surface area (Å²) in [4.78, 5) is 30.3. The minimum absolute atomic E-state index is 0.0481. The lowest BCUT2D eigenvalue weighted by Gasteiger charge is -2.32. The Labute approximate surface area is 165 Å². The van der Waals surface area contributed by atoms with Gasteiger partial charge in [0.15, 0.2) is 11.5 Å². The molecule has 28 heavy (non-hydrogen) atoms. The zero-order chi connectivity index (χ0) is 20.1. The van der Waals surface area contributed by atoms with Crippen LogP contribution in [0.25, 0.3) is 0 Å². The van der Waals surface area contributed by atoms with Crippen LogP contribution in [-0.2, 0) is 6.54 Å². The Morgan fingerprint density at radius 3 is 2.86 bits per heavy atom. The van der Waals surface area contributed by atoms with E-state index in [0.717, 1.165) is 30.8 Å². The quantitative estimate of drug-likeness (QED) is 0.742. The van der Waals surface area contributed by atoms with Crippen molar-refractivity contribution in [3.63, 3.8) is 0 Å². The second kappa shape index (κ2) is 9.06. The molecule has 1 fully saturated rings. The number of methoxy groups -OCH3 is 1. The van der Waals surface area contributed by atoms with Gasteiger partial charge in [0, 0.05) is 42.5 Å². The summed E-state index contributed by atoms with van der Waals surface area (Å²) in [5, 5.41) is 0. The Bertz CT molecular complexity index is 875. The first-order valence-electron chi connectivity index (χ1n) is 9.75. The van der Waals surface area contributed by atoms with E-state index >= 15 is 0 Å². The number of rotatable bonds is 7. The average Bonchev–Trinajstić information content (AvgIpc) is 2.67. The van der Waals surface area contributed by atoms with Crippen LogP contribution in [0.2, 0.25) is 0 Å². The largest absolute Gasteiger partial charge is 0.491 e. The Kier molecular flexibility index (Phi) is 6.52. The SMILES string of the molecule is COc1c[nH]c(CN2CCC[C@@H](C(=O)c3cccc(OC(C)C)c3)C2)cc1=O. The van der Waals surface area contributed by atoms with Gasteiger partial charge in [0.05, 0.1) is 13.2 Å². The Hall–Kier alpha value is -2.60. The molecule has 0 bridgehead atoms. The molecular weight excluding hydrogens is 356 g/mol. The summed E-state index contributed by atoms with van der Waals surface area (Å²) in [6.45, 7) is 6.14. The van der Waals surface area contributed by atoms with E-state index in [1.165, 1.54) is 7.11 Å². The van der Waals surface area contributed by atoms with E-state index in [4.69, 9.17) is 9.47 Å². The van der Waals surface area contributed by atoms with Crippen LogP contribution in [0.5, 0.6) is 11.5 Å². The van der Waals surface area contributed by atoms with Gasteiger partial charge in [0.2, 0.25) is 5.43 Å². The fourth-order valence-electron chi connectivity index (χ4n) is 3.64. The summed E-state index contributed by atoms with van der Waals surface area (Å²) in [6, 6.07) is 9.01. The van der Waals surface area contributed by atoms with Gasteiger partial charge in [-0.05, 0) is 45.4 Å². The summed E-state index contributed by atoms with van der Waals surface area (Å²) >= 11 is 0. The van der Waals surface area contributed by atoms with Crippen molar-refractivity contribution in [2.24, 2.45) is 5.92 Å². The van der Waals surface area contributed by atoms with Crippen molar-refractivity contribution < 1.29 is 14.3 Å². The number of hydrogen-bond acceptors (Lipinski definition) is 5. The van der Waals surface area contributed by atoms with E-state index in [0.29, 0.717) is 24.4 Å². The summed E-state index contributed by atoms with van der Waals surface area (Å²) < 4.78 is 10.7. The van der Waals surface area contributed by atoms with Gasteiger partial charge in [-0.25, -0.2) is 0 Å². The topological polar surface area (TPSA) is 71.6 Å². The first-order valence-corrected chi connectivity index (χ1v) is 9.75. The van der Waals surface area contributed by atoms with Crippen LogP contribution >= 0.6 is 0 Å². The number of benzene rings is 1. The molecule has 0 radical (unpaired) electrons. The number of H-pyrrole nitrogens is 1. The number of Topliss-reactive ketones (excluding diaryl/α,β-unsaturated/α-hetero) is 1.